The first-order valence-corrected chi connectivity index (χ1v) is 6.32. The number of nitrogens with one attached hydrogen (secondary N) is 1. The summed E-state index contributed by atoms with van der Waals surface area (Å²) in [5.74, 6) is 0.575. The highest BCUT2D eigenvalue weighted by atomic mass is 16.3. The van der Waals surface area contributed by atoms with Crippen molar-refractivity contribution in [3.8, 4) is 0 Å². The predicted octanol–water partition coefficient (Wildman–Crippen LogP) is 2.76. The normalized spacial score (nSPS) is 15.0. The van der Waals surface area contributed by atoms with Crippen LogP contribution in [-0.4, -0.2) is 18.3 Å². The van der Waals surface area contributed by atoms with E-state index in [4.69, 9.17) is 0 Å². The average molecular weight is 235 g/mol. The van der Waals surface area contributed by atoms with Gasteiger partial charge < -0.3 is 10.4 Å². The molecule has 0 aromatic heterocycles. The van der Waals surface area contributed by atoms with E-state index in [9.17, 15) is 5.11 Å². The van der Waals surface area contributed by atoms with E-state index in [1.165, 1.54) is 16.7 Å². The van der Waals surface area contributed by atoms with Gasteiger partial charge in [-0.1, -0.05) is 37.6 Å². The largest absolute Gasteiger partial charge is 0.394 e. The van der Waals surface area contributed by atoms with Gasteiger partial charge in [-0.2, -0.15) is 0 Å². The molecule has 0 spiro atoms. The van der Waals surface area contributed by atoms with E-state index < -0.39 is 0 Å². The van der Waals surface area contributed by atoms with E-state index in [0.717, 1.165) is 6.54 Å². The number of aliphatic hydroxyl groups excluding tert-OH is 1. The van der Waals surface area contributed by atoms with Gasteiger partial charge in [0.15, 0.2) is 0 Å². The van der Waals surface area contributed by atoms with Crippen molar-refractivity contribution in [1.82, 2.24) is 5.32 Å². The third-order valence-electron chi connectivity index (χ3n) is 3.20. The molecule has 0 heterocycles. The van der Waals surface area contributed by atoms with Gasteiger partial charge in [0.2, 0.25) is 0 Å². The third kappa shape index (κ3) is 3.55. The van der Waals surface area contributed by atoms with Crippen LogP contribution in [0.4, 0.5) is 0 Å². The molecule has 0 aliphatic carbocycles. The maximum atomic E-state index is 9.70. The van der Waals surface area contributed by atoms with E-state index in [1.807, 2.05) is 0 Å². The lowest BCUT2D eigenvalue weighted by atomic mass is 9.87. The summed E-state index contributed by atoms with van der Waals surface area (Å²) in [5.41, 5.74) is 3.31. The Kier molecular flexibility index (Phi) is 4.72. The van der Waals surface area contributed by atoms with Gasteiger partial charge in [0.1, 0.15) is 0 Å². The summed E-state index contributed by atoms with van der Waals surface area (Å²) < 4.78 is 0. The van der Waals surface area contributed by atoms with E-state index in [2.05, 4.69) is 58.1 Å². The molecule has 2 nitrogen and oxygen atoms in total. The fraction of sp³-hybridized carbons (Fsp3) is 0.600. The summed E-state index contributed by atoms with van der Waals surface area (Å²) in [6.45, 7) is 11.6. The molecule has 0 saturated carbocycles. The molecule has 0 saturated heterocycles. The lowest BCUT2D eigenvalue weighted by molar-refractivity contribution is 0.170. The Morgan fingerprint density at radius 2 is 1.94 bits per heavy atom. The Morgan fingerprint density at radius 3 is 2.47 bits per heavy atom. The predicted molar refractivity (Wildman–Crippen MR) is 73.2 cm³/mol. The van der Waals surface area contributed by atoms with E-state index in [-0.39, 0.29) is 12.1 Å². The van der Waals surface area contributed by atoms with Crippen molar-refractivity contribution < 1.29 is 5.11 Å². The molecule has 0 amide bonds. The van der Waals surface area contributed by atoms with Crippen molar-refractivity contribution in [2.45, 2.75) is 40.2 Å². The van der Waals surface area contributed by atoms with Gasteiger partial charge in [-0.25, -0.2) is 0 Å². The zero-order chi connectivity index (χ0) is 13.1. The number of rotatable bonds is 5. The molecule has 1 unspecified atom stereocenters. The molecule has 0 bridgehead atoms. The summed E-state index contributed by atoms with van der Waals surface area (Å²) in [4.78, 5) is 0. The molecule has 0 radical (unpaired) electrons. The minimum atomic E-state index is -0.347. The zero-order valence-corrected chi connectivity index (χ0v) is 11.7. The van der Waals surface area contributed by atoms with Crippen molar-refractivity contribution in [1.29, 1.82) is 0 Å². The van der Waals surface area contributed by atoms with Crippen LogP contribution in [0, 0.1) is 19.8 Å². The number of aryl methyl sites for hydroxylation is 2. The first kappa shape index (κ1) is 14.2. The second-order valence-corrected chi connectivity index (χ2v) is 5.58. The van der Waals surface area contributed by atoms with Crippen molar-refractivity contribution in [3.63, 3.8) is 0 Å². The van der Waals surface area contributed by atoms with Crippen LogP contribution >= 0.6 is 0 Å². The fourth-order valence-corrected chi connectivity index (χ4v) is 2.00. The molecule has 1 aromatic rings. The topological polar surface area (TPSA) is 32.3 Å². The minimum absolute atomic E-state index is 0.115. The van der Waals surface area contributed by atoms with Crippen LogP contribution in [0.3, 0.4) is 0 Å². The lowest BCUT2D eigenvalue weighted by Gasteiger charge is -2.32. The highest BCUT2D eigenvalue weighted by molar-refractivity contribution is 5.36. The molecular formula is C15H25NO. The highest BCUT2D eigenvalue weighted by Crippen LogP contribution is 2.25. The Bertz CT molecular complexity index is 373. The second kappa shape index (κ2) is 5.65. The Balaban J connectivity index is 3.02. The molecule has 2 heteroatoms. The molecule has 1 rings (SSSR count). The van der Waals surface area contributed by atoms with Gasteiger partial charge in [-0.05, 0) is 44.4 Å². The smallest absolute Gasteiger partial charge is 0.0652 e. The molecule has 17 heavy (non-hydrogen) atoms. The first-order valence-electron chi connectivity index (χ1n) is 6.32. The molecular weight excluding hydrogens is 210 g/mol. The van der Waals surface area contributed by atoms with Gasteiger partial charge in [-0.3, -0.25) is 0 Å². The molecule has 0 fully saturated rings. The van der Waals surface area contributed by atoms with Crippen LogP contribution in [0.5, 0.6) is 0 Å². The standard InChI is InChI=1S/C15H25NO/c1-11(2)9-16-15(5,10-17)14-8-12(3)6-7-13(14)4/h6-8,11,16-17H,9-10H2,1-5H3. The third-order valence-corrected chi connectivity index (χ3v) is 3.20. The van der Waals surface area contributed by atoms with Gasteiger partial charge >= 0.3 is 0 Å². The Hall–Kier alpha value is -0.860. The second-order valence-electron chi connectivity index (χ2n) is 5.58. The van der Waals surface area contributed by atoms with Crippen LogP contribution in [-0.2, 0) is 5.54 Å². The SMILES string of the molecule is Cc1ccc(C)c(C(C)(CO)NCC(C)C)c1. The number of hydrogen-bond acceptors (Lipinski definition) is 2. The quantitative estimate of drug-likeness (QED) is 0.822. The summed E-state index contributed by atoms with van der Waals surface area (Å²) in [6, 6.07) is 6.40. The highest BCUT2D eigenvalue weighted by Gasteiger charge is 2.26. The molecule has 0 aliphatic rings. The van der Waals surface area contributed by atoms with Crippen molar-refractivity contribution in [2.75, 3.05) is 13.2 Å². The van der Waals surface area contributed by atoms with Crippen LogP contribution in [0.25, 0.3) is 0 Å². The Morgan fingerprint density at radius 1 is 1.29 bits per heavy atom. The molecule has 96 valence electrons. The van der Waals surface area contributed by atoms with Crippen molar-refractivity contribution in [3.05, 3.63) is 34.9 Å². The molecule has 1 atom stereocenters. The first-order chi connectivity index (χ1) is 7.89. The van der Waals surface area contributed by atoms with E-state index in [1.54, 1.807) is 0 Å². The fourth-order valence-electron chi connectivity index (χ4n) is 2.00. The minimum Gasteiger partial charge on any atom is -0.394 e. The number of aliphatic hydroxyl groups is 1. The maximum Gasteiger partial charge on any atom is 0.0652 e. The van der Waals surface area contributed by atoms with E-state index >= 15 is 0 Å². The van der Waals surface area contributed by atoms with Gasteiger partial charge in [0.25, 0.3) is 0 Å². The average Bonchev–Trinajstić information content (AvgIpc) is 2.29. The lowest BCUT2D eigenvalue weighted by Crippen LogP contribution is -2.45. The van der Waals surface area contributed by atoms with E-state index in [0.29, 0.717) is 5.92 Å². The van der Waals surface area contributed by atoms with Crippen LogP contribution in [0.1, 0.15) is 37.5 Å². The van der Waals surface area contributed by atoms with Crippen LogP contribution in [0.2, 0.25) is 0 Å². The summed E-state index contributed by atoms with van der Waals surface area (Å²) in [5, 5.41) is 13.2. The van der Waals surface area contributed by atoms with Gasteiger partial charge in [0, 0.05) is 0 Å². The maximum absolute atomic E-state index is 9.70. The molecule has 0 aliphatic heterocycles. The summed E-state index contributed by atoms with van der Waals surface area (Å²) in [7, 11) is 0. The summed E-state index contributed by atoms with van der Waals surface area (Å²) >= 11 is 0. The van der Waals surface area contributed by atoms with Crippen molar-refractivity contribution in [2.24, 2.45) is 5.92 Å². The zero-order valence-electron chi connectivity index (χ0n) is 11.7. The van der Waals surface area contributed by atoms with Gasteiger partial charge in [0.05, 0.1) is 12.1 Å². The number of benzene rings is 1. The Labute approximate surface area is 105 Å². The number of hydrogen-bond donors (Lipinski definition) is 2. The monoisotopic (exact) mass is 235 g/mol. The van der Waals surface area contributed by atoms with Crippen LogP contribution < -0.4 is 5.32 Å². The molecule has 1 aromatic carbocycles. The van der Waals surface area contributed by atoms with Crippen LogP contribution in [0.15, 0.2) is 18.2 Å². The van der Waals surface area contributed by atoms with Crippen molar-refractivity contribution >= 4 is 0 Å². The molecule has 2 N–H and O–H groups in total. The summed E-state index contributed by atoms with van der Waals surface area (Å²) in [6.07, 6.45) is 0. The van der Waals surface area contributed by atoms with Gasteiger partial charge in [-0.15, -0.1) is 0 Å².